The maximum absolute atomic E-state index is 11.5. The van der Waals surface area contributed by atoms with Crippen LogP contribution in [0.15, 0.2) is 48.8 Å². The topological polar surface area (TPSA) is 135 Å². The van der Waals surface area contributed by atoms with E-state index in [9.17, 15) is 9.90 Å². The molecule has 4 heterocycles. The highest BCUT2D eigenvalue weighted by atomic mass is 35.5. The van der Waals surface area contributed by atoms with E-state index in [0.29, 0.717) is 87.7 Å². The fourth-order valence-corrected chi connectivity index (χ4v) is 7.14. The van der Waals surface area contributed by atoms with E-state index in [4.69, 9.17) is 47.6 Å². The van der Waals surface area contributed by atoms with Crippen molar-refractivity contribution in [3.8, 4) is 45.4 Å². The van der Waals surface area contributed by atoms with Crippen LogP contribution in [-0.4, -0.2) is 81.8 Å². The van der Waals surface area contributed by atoms with Gasteiger partial charge in [0.25, 0.3) is 0 Å². The van der Waals surface area contributed by atoms with Gasteiger partial charge in [0.2, 0.25) is 17.7 Å². The number of nitrogens with zero attached hydrogens (tertiary/aromatic N) is 5. The SMILES string of the molecule is COc1nc(-c2cccc(-c3cccc(-c4cnc(CN5C[C@@H](C)C[C@H]5CO)c(OC)n4)c3Cl)c2Cl)cnc1CNC[C@@H]1CCC(=O)N1. The van der Waals surface area contributed by atoms with E-state index in [1.807, 2.05) is 36.4 Å². The summed E-state index contributed by atoms with van der Waals surface area (Å²) < 4.78 is 11.2. The fraction of sp³-hybridized carbons (Fsp3) is 0.400. The molecule has 2 aromatic carbocycles. The minimum absolute atomic E-state index is 0.0828. The van der Waals surface area contributed by atoms with Crippen LogP contribution in [0.2, 0.25) is 10.0 Å². The quantitative estimate of drug-likeness (QED) is 0.183. The number of aliphatic hydroxyl groups excluding tert-OH is 1. The second-order valence-corrected chi connectivity index (χ2v) is 13.1. The van der Waals surface area contributed by atoms with Crippen molar-refractivity contribution in [1.29, 1.82) is 0 Å². The number of ether oxygens (including phenoxy) is 2. The van der Waals surface area contributed by atoms with Crippen molar-refractivity contribution in [2.75, 3.05) is 33.9 Å². The summed E-state index contributed by atoms with van der Waals surface area (Å²) in [5.74, 6) is 1.39. The Morgan fingerprint density at radius 2 is 1.52 bits per heavy atom. The fourth-order valence-electron chi connectivity index (χ4n) is 6.49. The van der Waals surface area contributed by atoms with Crippen LogP contribution in [0.5, 0.6) is 11.8 Å². The molecule has 2 fully saturated rings. The molecule has 6 rings (SSSR count). The summed E-state index contributed by atoms with van der Waals surface area (Å²) in [4.78, 5) is 32.6. The third-order valence-corrected chi connectivity index (χ3v) is 9.73. The molecule has 0 radical (unpaired) electrons. The van der Waals surface area contributed by atoms with E-state index < -0.39 is 0 Å². The van der Waals surface area contributed by atoms with E-state index in [2.05, 4.69) is 27.4 Å². The van der Waals surface area contributed by atoms with E-state index in [-0.39, 0.29) is 24.6 Å². The lowest BCUT2D eigenvalue weighted by molar-refractivity contribution is -0.119. The highest BCUT2D eigenvalue weighted by Gasteiger charge is 2.30. The molecule has 2 aliphatic heterocycles. The van der Waals surface area contributed by atoms with Gasteiger partial charge in [0.15, 0.2) is 0 Å². The monoisotopic (exact) mass is 691 g/mol. The molecular weight excluding hydrogens is 653 g/mol. The highest BCUT2D eigenvalue weighted by Crippen LogP contribution is 2.42. The Kier molecular flexibility index (Phi) is 10.7. The number of aliphatic hydroxyl groups is 1. The molecule has 1 amide bonds. The molecule has 13 heteroatoms. The van der Waals surface area contributed by atoms with Gasteiger partial charge in [-0.2, -0.15) is 0 Å². The van der Waals surface area contributed by atoms with Crippen molar-refractivity contribution in [1.82, 2.24) is 35.5 Å². The Hall–Kier alpha value is -3.87. The molecule has 0 saturated carbocycles. The summed E-state index contributed by atoms with van der Waals surface area (Å²) in [6.45, 7) is 4.79. The third-order valence-electron chi connectivity index (χ3n) is 8.92. The predicted molar refractivity (Wildman–Crippen MR) is 185 cm³/mol. The molecule has 0 spiro atoms. The number of aromatic nitrogens is 4. The van der Waals surface area contributed by atoms with E-state index in [1.54, 1.807) is 26.6 Å². The summed E-state index contributed by atoms with van der Waals surface area (Å²) in [5, 5.41) is 17.1. The van der Waals surface area contributed by atoms with E-state index >= 15 is 0 Å². The van der Waals surface area contributed by atoms with Gasteiger partial charge in [-0.05, 0) is 18.8 Å². The van der Waals surface area contributed by atoms with Gasteiger partial charge in [-0.25, -0.2) is 9.97 Å². The number of amides is 1. The Morgan fingerprint density at radius 3 is 2.08 bits per heavy atom. The van der Waals surface area contributed by atoms with Crippen LogP contribution in [0, 0.1) is 5.92 Å². The largest absolute Gasteiger partial charge is 0.480 e. The molecule has 2 aromatic heterocycles. The lowest BCUT2D eigenvalue weighted by Crippen LogP contribution is -2.35. The summed E-state index contributed by atoms with van der Waals surface area (Å²) in [5.41, 5.74) is 5.29. The lowest BCUT2D eigenvalue weighted by atomic mass is 9.98. The smallest absolute Gasteiger partial charge is 0.237 e. The summed E-state index contributed by atoms with van der Waals surface area (Å²) in [6, 6.07) is 11.6. The number of methoxy groups -OCH3 is 2. The van der Waals surface area contributed by atoms with Gasteiger partial charge in [0, 0.05) is 66.9 Å². The molecule has 0 bridgehead atoms. The molecule has 4 aromatic rings. The molecule has 2 aliphatic rings. The zero-order valence-electron chi connectivity index (χ0n) is 27.2. The number of likely N-dealkylation sites (tertiary alicyclic amines) is 1. The number of nitrogens with one attached hydrogen (secondary N) is 2. The van der Waals surface area contributed by atoms with Crippen LogP contribution in [0.25, 0.3) is 33.6 Å². The molecule has 2 saturated heterocycles. The number of hydrogen-bond donors (Lipinski definition) is 3. The number of carbonyl (C=O) groups excluding carboxylic acids is 1. The van der Waals surface area contributed by atoms with Gasteiger partial charge in [0.1, 0.15) is 11.4 Å². The zero-order valence-corrected chi connectivity index (χ0v) is 28.7. The number of carbonyl (C=O) groups is 1. The predicted octanol–water partition coefficient (Wildman–Crippen LogP) is 5.16. The zero-order chi connectivity index (χ0) is 33.8. The van der Waals surface area contributed by atoms with Crippen LogP contribution < -0.4 is 20.1 Å². The van der Waals surface area contributed by atoms with Gasteiger partial charge < -0.3 is 25.2 Å². The summed E-state index contributed by atoms with van der Waals surface area (Å²) in [6.07, 6.45) is 5.70. The van der Waals surface area contributed by atoms with Crippen molar-refractivity contribution in [3.05, 3.63) is 70.2 Å². The molecule has 11 nitrogen and oxygen atoms in total. The van der Waals surface area contributed by atoms with Crippen LogP contribution in [0.3, 0.4) is 0 Å². The molecular formula is C35H39Cl2N7O4. The lowest BCUT2D eigenvalue weighted by Gasteiger charge is -2.22. The average Bonchev–Trinajstić information content (AvgIpc) is 3.68. The Labute approximate surface area is 290 Å². The molecule has 252 valence electrons. The van der Waals surface area contributed by atoms with Crippen molar-refractivity contribution in [2.45, 2.75) is 51.4 Å². The minimum Gasteiger partial charge on any atom is -0.480 e. The first-order valence-electron chi connectivity index (χ1n) is 16.0. The van der Waals surface area contributed by atoms with Crippen LogP contribution in [0.1, 0.15) is 37.6 Å². The third kappa shape index (κ3) is 7.25. The second kappa shape index (κ2) is 15.1. The van der Waals surface area contributed by atoms with Gasteiger partial charge >= 0.3 is 0 Å². The molecule has 0 aliphatic carbocycles. The summed E-state index contributed by atoms with van der Waals surface area (Å²) >= 11 is 14.1. The van der Waals surface area contributed by atoms with E-state index in [1.165, 1.54) is 0 Å². The minimum atomic E-state index is 0.0828. The number of halogens is 2. The number of hydrogen-bond acceptors (Lipinski definition) is 10. The normalized spacial score (nSPS) is 19.5. The van der Waals surface area contributed by atoms with E-state index in [0.717, 1.165) is 30.5 Å². The van der Waals surface area contributed by atoms with Crippen molar-refractivity contribution >= 4 is 29.1 Å². The standard InChI is InChI=1S/C35H39Cl2N7O4/c1-20-12-22(19-45)44(17-20)18-30-35(48-3)43-28(16-40-30)26-9-5-7-24(33(26)37)23-6-4-8-25(32(23)36)27-15-39-29(34(42-27)47-2)14-38-13-21-10-11-31(46)41-21/h4-9,15-16,20-22,38,45H,10-14,17-19H2,1-3H3,(H,41,46)/t20-,21-,22-/m0/s1. The molecule has 3 N–H and O–H groups in total. The first-order chi connectivity index (χ1) is 23.3. The van der Waals surface area contributed by atoms with Gasteiger partial charge in [0.05, 0.1) is 54.7 Å². The molecule has 48 heavy (non-hydrogen) atoms. The van der Waals surface area contributed by atoms with Crippen molar-refractivity contribution < 1.29 is 19.4 Å². The second-order valence-electron chi connectivity index (χ2n) is 12.3. The molecule has 0 unspecified atom stereocenters. The van der Waals surface area contributed by atoms with Gasteiger partial charge in [-0.15, -0.1) is 0 Å². The van der Waals surface area contributed by atoms with Crippen molar-refractivity contribution in [3.63, 3.8) is 0 Å². The summed E-state index contributed by atoms with van der Waals surface area (Å²) in [7, 11) is 3.13. The number of benzene rings is 2. The van der Waals surface area contributed by atoms with Crippen molar-refractivity contribution in [2.24, 2.45) is 5.92 Å². The highest BCUT2D eigenvalue weighted by molar-refractivity contribution is 6.39. The van der Waals surface area contributed by atoms with Crippen LogP contribution >= 0.6 is 23.2 Å². The molecule has 3 atom stereocenters. The number of rotatable bonds is 12. The maximum Gasteiger partial charge on any atom is 0.237 e. The first-order valence-corrected chi connectivity index (χ1v) is 16.8. The van der Waals surface area contributed by atoms with Crippen LogP contribution in [-0.2, 0) is 17.9 Å². The average molecular weight is 693 g/mol. The Morgan fingerprint density at radius 1 is 0.938 bits per heavy atom. The van der Waals surface area contributed by atoms with Gasteiger partial charge in [-0.1, -0.05) is 66.5 Å². The first kappa shape index (κ1) is 34.0. The van der Waals surface area contributed by atoms with Crippen LogP contribution in [0.4, 0.5) is 0 Å². The Balaban J connectivity index is 1.24. The van der Waals surface area contributed by atoms with Gasteiger partial charge in [-0.3, -0.25) is 19.7 Å². The Bertz CT molecular complexity index is 1790. The maximum atomic E-state index is 11.5.